The number of hydrogen-bond donors (Lipinski definition) is 2. The number of nitrogens with zero attached hydrogens (tertiary/aromatic N) is 3. The Hall–Kier alpha value is -1.79. The van der Waals surface area contributed by atoms with Gasteiger partial charge in [-0.25, -0.2) is 4.99 Å². The summed E-state index contributed by atoms with van der Waals surface area (Å²) in [6, 6.07) is 10.3. The normalized spacial score (nSPS) is 16.8. The van der Waals surface area contributed by atoms with Gasteiger partial charge in [0.25, 0.3) is 0 Å². The number of hydrogen-bond acceptors (Lipinski definition) is 6. The third kappa shape index (κ3) is 4.61. The SMILES string of the molecule is CC1(C)N=C(N)N=C(N)N1OCCCc1ccccc1.Cl. The molecule has 21 heavy (non-hydrogen) atoms. The van der Waals surface area contributed by atoms with Gasteiger partial charge in [-0.2, -0.15) is 10.1 Å². The molecule has 0 saturated heterocycles. The van der Waals surface area contributed by atoms with E-state index in [0.29, 0.717) is 6.61 Å². The third-order valence-corrected chi connectivity index (χ3v) is 3.00. The molecule has 0 unspecified atom stereocenters. The highest BCUT2D eigenvalue weighted by molar-refractivity contribution is 5.95. The van der Waals surface area contributed by atoms with Gasteiger partial charge in [-0.05, 0) is 32.3 Å². The minimum absolute atomic E-state index is 0. The topological polar surface area (TPSA) is 89.2 Å². The Labute approximate surface area is 131 Å². The van der Waals surface area contributed by atoms with Crippen molar-refractivity contribution >= 4 is 24.3 Å². The van der Waals surface area contributed by atoms with Crippen molar-refractivity contribution < 1.29 is 4.84 Å². The van der Waals surface area contributed by atoms with E-state index in [1.165, 1.54) is 10.6 Å². The van der Waals surface area contributed by atoms with Gasteiger partial charge < -0.3 is 11.5 Å². The zero-order valence-electron chi connectivity index (χ0n) is 12.3. The molecule has 2 rings (SSSR count). The molecular weight excluding hydrogens is 290 g/mol. The van der Waals surface area contributed by atoms with Crippen LogP contribution in [0.15, 0.2) is 40.3 Å². The van der Waals surface area contributed by atoms with E-state index >= 15 is 0 Å². The van der Waals surface area contributed by atoms with Gasteiger partial charge in [0.05, 0.1) is 6.61 Å². The highest BCUT2D eigenvalue weighted by Crippen LogP contribution is 2.19. The van der Waals surface area contributed by atoms with E-state index in [4.69, 9.17) is 16.3 Å². The number of aryl methyl sites for hydroxylation is 1. The molecular formula is C14H22ClN5O. The van der Waals surface area contributed by atoms with Crippen LogP contribution in [0.5, 0.6) is 0 Å². The maximum atomic E-state index is 5.83. The van der Waals surface area contributed by atoms with E-state index in [1.807, 2.05) is 32.0 Å². The minimum atomic E-state index is -0.636. The van der Waals surface area contributed by atoms with E-state index in [-0.39, 0.29) is 24.3 Å². The predicted molar refractivity (Wildman–Crippen MR) is 87.1 cm³/mol. The Morgan fingerprint density at radius 1 is 1.19 bits per heavy atom. The van der Waals surface area contributed by atoms with Gasteiger partial charge in [-0.1, -0.05) is 30.3 Å². The van der Waals surface area contributed by atoms with E-state index in [1.54, 1.807) is 0 Å². The standard InChI is InChI=1S/C14H21N5O.ClH/c1-14(2)18-12(15)17-13(16)19(14)20-10-6-9-11-7-4-3-5-8-11;/h3-5,7-8H,6,9-10H2,1-2H3,(H4,15,16,17,18);1H. The van der Waals surface area contributed by atoms with Crippen molar-refractivity contribution in [3.05, 3.63) is 35.9 Å². The van der Waals surface area contributed by atoms with Gasteiger partial charge >= 0.3 is 0 Å². The molecule has 0 atom stereocenters. The lowest BCUT2D eigenvalue weighted by atomic mass is 10.1. The van der Waals surface area contributed by atoms with Crippen molar-refractivity contribution in [1.29, 1.82) is 0 Å². The van der Waals surface area contributed by atoms with Crippen LogP contribution < -0.4 is 11.5 Å². The maximum absolute atomic E-state index is 5.83. The molecule has 0 spiro atoms. The molecule has 1 aromatic rings. The molecule has 0 fully saturated rings. The Kier molecular flexibility index (Phi) is 5.99. The van der Waals surface area contributed by atoms with Crippen molar-refractivity contribution in [3.63, 3.8) is 0 Å². The molecule has 0 saturated carbocycles. The fourth-order valence-corrected chi connectivity index (χ4v) is 2.09. The van der Waals surface area contributed by atoms with Crippen molar-refractivity contribution in [2.45, 2.75) is 32.4 Å². The minimum Gasteiger partial charge on any atom is -0.368 e. The van der Waals surface area contributed by atoms with Gasteiger partial charge in [0.15, 0.2) is 5.66 Å². The maximum Gasteiger partial charge on any atom is 0.226 e. The quantitative estimate of drug-likeness (QED) is 0.809. The Morgan fingerprint density at radius 3 is 2.48 bits per heavy atom. The first-order valence-corrected chi connectivity index (χ1v) is 6.65. The molecule has 6 nitrogen and oxygen atoms in total. The molecule has 0 amide bonds. The molecule has 1 heterocycles. The second-order valence-electron chi connectivity index (χ2n) is 5.15. The van der Waals surface area contributed by atoms with E-state index in [9.17, 15) is 0 Å². The lowest BCUT2D eigenvalue weighted by Gasteiger charge is -2.36. The van der Waals surface area contributed by atoms with Crippen molar-refractivity contribution in [2.24, 2.45) is 21.5 Å². The van der Waals surface area contributed by atoms with E-state index < -0.39 is 5.66 Å². The number of nitrogens with two attached hydrogens (primary N) is 2. The summed E-state index contributed by atoms with van der Waals surface area (Å²) in [5, 5.41) is 1.51. The molecule has 0 aliphatic carbocycles. The highest BCUT2D eigenvalue weighted by Gasteiger charge is 2.32. The summed E-state index contributed by atoms with van der Waals surface area (Å²) in [6.45, 7) is 4.29. The van der Waals surface area contributed by atoms with Gasteiger partial charge in [-0.15, -0.1) is 12.4 Å². The predicted octanol–water partition coefficient (Wildman–Crippen LogP) is 1.65. The first-order chi connectivity index (χ1) is 9.49. The fraction of sp³-hybridized carbons (Fsp3) is 0.429. The molecule has 0 radical (unpaired) electrons. The lowest BCUT2D eigenvalue weighted by molar-refractivity contribution is -0.157. The monoisotopic (exact) mass is 311 g/mol. The highest BCUT2D eigenvalue weighted by atomic mass is 35.5. The number of halogens is 1. The fourth-order valence-electron chi connectivity index (χ4n) is 2.09. The van der Waals surface area contributed by atoms with Crippen LogP contribution in [0.25, 0.3) is 0 Å². The smallest absolute Gasteiger partial charge is 0.226 e. The van der Waals surface area contributed by atoms with Crippen LogP contribution in [-0.4, -0.2) is 29.3 Å². The number of hydroxylamine groups is 2. The molecule has 1 aliphatic heterocycles. The summed E-state index contributed by atoms with van der Waals surface area (Å²) in [4.78, 5) is 13.8. The van der Waals surface area contributed by atoms with Gasteiger partial charge in [0.2, 0.25) is 11.9 Å². The second kappa shape index (κ2) is 7.28. The largest absolute Gasteiger partial charge is 0.368 e. The molecule has 116 valence electrons. The number of benzene rings is 1. The van der Waals surface area contributed by atoms with Crippen molar-refractivity contribution in [3.8, 4) is 0 Å². The zero-order chi connectivity index (χ0) is 14.6. The Morgan fingerprint density at radius 2 is 1.86 bits per heavy atom. The second-order valence-corrected chi connectivity index (χ2v) is 5.15. The average Bonchev–Trinajstić information content (AvgIpc) is 2.37. The molecule has 0 bridgehead atoms. The third-order valence-electron chi connectivity index (χ3n) is 3.00. The van der Waals surface area contributed by atoms with Crippen LogP contribution in [0.1, 0.15) is 25.8 Å². The van der Waals surface area contributed by atoms with E-state index in [2.05, 4.69) is 22.1 Å². The van der Waals surface area contributed by atoms with E-state index in [0.717, 1.165) is 12.8 Å². The molecule has 7 heteroatoms. The summed E-state index contributed by atoms with van der Waals surface area (Å²) in [7, 11) is 0. The van der Waals surface area contributed by atoms with Crippen LogP contribution in [0.4, 0.5) is 0 Å². The summed E-state index contributed by atoms with van der Waals surface area (Å²) in [5.41, 5.74) is 12.1. The van der Waals surface area contributed by atoms with Gasteiger partial charge in [0.1, 0.15) is 0 Å². The number of rotatable bonds is 5. The number of guanidine groups is 2. The first-order valence-electron chi connectivity index (χ1n) is 6.65. The van der Waals surface area contributed by atoms with Crippen LogP contribution in [0.3, 0.4) is 0 Å². The zero-order valence-corrected chi connectivity index (χ0v) is 13.1. The lowest BCUT2D eigenvalue weighted by Crippen LogP contribution is -2.53. The molecule has 0 aromatic heterocycles. The summed E-state index contributed by atoms with van der Waals surface area (Å²) in [6.07, 6.45) is 1.85. The molecule has 1 aromatic carbocycles. The summed E-state index contributed by atoms with van der Waals surface area (Å²) >= 11 is 0. The summed E-state index contributed by atoms with van der Waals surface area (Å²) in [5.74, 6) is 0.416. The van der Waals surface area contributed by atoms with Crippen LogP contribution in [-0.2, 0) is 11.3 Å². The Bertz CT molecular complexity index is 515. The van der Waals surface area contributed by atoms with Gasteiger partial charge in [0, 0.05) is 0 Å². The first kappa shape index (κ1) is 17.3. The van der Waals surface area contributed by atoms with Gasteiger partial charge in [-0.3, -0.25) is 4.84 Å². The van der Waals surface area contributed by atoms with Crippen LogP contribution >= 0.6 is 12.4 Å². The van der Waals surface area contributed by atoms with Crippen molar-refractivity contribution in [2.75, 3.05) is 6.61 Å². The van der Waals surface area contributed by atoms with Crippen LogP contribution in [0.2, 0.25) is 0 Å². The van der Waals surface area contributed by atoms with Crippen LogP contribution in [0, 0.1) is 0 Å². The summed E-state index contributed by atoms with van der Waals surface area (Å²) < 4.78 is 0. The Balaban J connectivity index is 0.00000220. The average molecular weight is 312 g/mol. The molecule has 1 aliphatic rings. The number of aliphatic imine (C=N–C) groups is 2. The molecule has 4 N–H and O–H groups in total. The van der Waals surface area contributed by atoms with Crippen molar-refractivity contribution in [1.82, 2.24) is 5.06 Å².